The number of ether oxygens (including phenoxy) is 2. The molecule has 0 saturated carbocycles. The number of rotatable bonds is 6. The van der Waals surface area contributed by atoms with Gasteiger partial charge in [-0.05, 0) is 61.0 Å². The monoisotopic (exact) mass is 427 g/mol. The van der Waals surface area contributed by atoms with Crippen molar-refractivity contribution in [2.24, 2.45) is 0 Å². The molecule has 3 heterocycles. The Labute approximate surface area is 183 Å². The zero-order valence-electron chi connectivity index (χ0n) is 19.3. The van der Waals surface area contributed by atoms with Gasteiger partial charge in [0.15, 0.2) is 0 Å². The molecule has 0 bridgehead atoms. The molecule has 0 N–H and O–H groups in total. The van der Waals surface area contributed by atoms with Crippen molar-refractivity contribution in [1.82, 2.24) is 9.61 Å². The fourth-order valence-corrected chi connectivity index (χ4v) is 3.24. The van der Waals surface area contributed by atoms with Gasteiger partial charge in [-0.2, -0.15) is 10.4 Å². The summed E-state index contributed by atoms with van der Waals surface area (Å²) in [6.07, 6.45) is 4.00. The van der Waals surface area contributed by atoms with E-state index in [1.807, 2.05) is 54.5 Å². The maximum absolute atomic E-state index is 11.9. The van der Waals surface area contributed by atoms with Crippen LogP contribution in [0.15, 0.2) is 18.5 Å². The Hall–Kier alpha value is -2.57. The van der Waals surface area contributed by atoms with E-state index in [1.54, 1.807) is 10.7 Å². The van der Waals surface area contributed by atoms with Crippen LogP contribution in [0.1, 0.15) is 66.9 Å². The number of aromatic nitrogens is 2. The first-order chi connectivity index (χ1) is 14.3. The third kappa shape index (κ3) is 5.02. The second-order valence-electron chi connectivity index (χ2n) is 9.72. The van der Waals surface area contributed by atoms with Crippen LogP contribution < -0.4 is 10.2 Å². The highest BCUT2D eigenvalue weighted by molar-refractivity contribution is 6.64. The molecule has 2 aromatic heterocycles. The molecule has 2 aromatic rings. The van der Waals surface area contributed by atoms with Gasteiger partial charge in [-0.25, -0.2) is 4.52 Å². The number of nitrogens with zero attached hydrogens (tertiary/aromatic N) is 3. The van der Waals surface area contributed by atoms with Crippen LogP contribution in [0.2, 0.25) is 0 Å². The van der Waals surface area contributed by atoms with Crippen molar-refractivity contribution in [3.8, 4) is 11.8 Å². The van der Waals surface area contributed by atoms with Gasteiger partial charge in [-0.1, -0.05) is 0 Å². The summed E-state index contributed by atoms with van der Waals surface area (Å²) in [5.74, 6) is 0.296. The lowest BCUT2D eigenvalue weighted by molar-refractivity contribution is -0.155. The molecule has 9 heteroatoms. The van der Waals surface area contributed by atoms with Crippen molar-refractivity contribution >= 4 is 24.1 Å². The van der Waals surface area contributed by atoms with Gasteiger partial charge in [-0.3, -0.25) is 4.79 Å². The van der Waals surface area contributed by atoms with Gasteiger partial charge >= 0.3 is 13.1 Å². The van der Waals surface area contributed by atoms with Crippen LogP contribution in [0.25, 0.3) is 5.52 Å². The largest absolute Gasteiger partial charge is 0.497 e. The Morgan fingerprint density at radius 1 is 1.26 bits per heavy atom. The quantitative estimate of drug-likeness (QED) is 0.397. The highest BCUT2D eigenvalue weighted by Crippen LogP contribution is 2.37. The van der Waals surface area contributed by atoms with Gasteiger partial charge in [0.05, 0.1) is 41.3 Å². The highest BCUT2D eigenvalue weighted by Gasteiger charge is 2.52. The smallest absolute Gasteiger partial charge is 0.492 e. The minimum absolute atomic E-state index is 0.254. The summed E-state index contributed by atoms with van der Waals surface area (Å²) in [4.78, 5) is 11.9. The van der Waals surface area contributed by atoms with Crippen molar-refractivity contribution in [2.45, 2.75) is 78.1 Å². The molecular weight excluding hydrogens is 397 g/mol. The first-order valence-electron chi connectivity index (χ1n) is 10.4. The van der Waals surface area contributed by atoms with E-state index < -0.39 is 23.9 Å². The van der Waals surface area contributed by atoms with Gasteiger partial charge in [0.2, 0.25) is 0 Å². The molecule has 31 heavy (non-hydrogen) atoms. The number of hydrogen-bond acceptors (Lipinski definition) is 7. The van der Waals surface area contributed by atoms with E-state index in [0.717, 1.165) is 0 Å². The minimum atomic E-state index is -0.665. The molecule has 0 radical (unpaired) electrons. The topological polar surface area (TPSA) is 95.1 Å². The average molecular weight is 427 g/mol. The third-order valence-electron chi connectivity index (χ3n) is 5.46. The second-order valence-corrected chi connectivity index (χ2v) is 9.72. The number of esters is 1. The third-order valence-corrected chi connectivity index (χ3v) is 5.46. The van der Waals surface area contributed by atoms with Crippen LogP contribution in [0.5, 0.6) is 5.75 Å². The number of fused-ring (bicyclic) bond motifs is 1. The van der Waals surface area contributed by atoms with Crippen molar-refractivity contribution in [1.29, 1.82) is 5.26 Å². The van der Waals surface area contributed by atoms with Crippen LogP contribution in [0.4, 0.5) is 0 Å². The number of carbonyl (C=O) groups excluding carboxylic acids is 1. The lowest BCUT2D eigenvalue weighted by Gasteiger charge is -2.32. The van der Waals surface area contributed by atoms with E-state index in [9.17, 15) is 10.1 Å². The van der Waals surface area contributed by atoms with Gasteiger partial charge in [0, 0.05) is 11.9 Å². The van der Waals surface area contributed by atoms with E-state index in [2.05, 4.69) is 11.2 Å². The van der Waals surface area contributed by atoms with Crippen LogP contribution >= 0.6 is 0 Å². The molecule has 0 aromatic carbocycles. The Balaban J connectivity index is 1.79. The Morgan fingerprint density at radius 2 is 1.90 bits per heavy atom. The van der Waals surface area contributed by atoms with Crippen LogP contribution in [-0.2, 0) is 18.8 Å². The fourth-order valence-electron chi connectivity index (χ4n) is 3.24. The van der Waals surface area contributed by atoms with Gasteiger partial charge in [0.1, 0.15) is 17.4 Å². The minimum Gasteiger partial charge on any atom is -0.492 e. The van der Waals surface area contributed by atoms with Crippen molar-refractivity contribution in [3.05, 3.63) is 24.0 Å². The number of carbonyl (C=O) groups is 1. The highest BCUT2D eigenvalue weighted by atomic mass is 16.7. The van der Waals surface area contributed by atoms with E-state index >= 15 is 0 Å². The molecule has 1 fully saturated rings. The van der Waals surface area contributed by atoms with Crippen LogP contribution in [-0.4, -0.2) is 46.1 Å². The standard InChI is InChI=1S/C22H30BN3O5/c1-20(2,3)29-18(27)9-8-10-28-16-11-17(19-15(12-24)13-25-26(19)14-16)23-30-21(4,5)22(6,7)31-23/h11,13-14H,8-10H2,1-7H3. The lowest BCUT2D eigenvalue weighted by atomic mass is 9.78. The normalized spacial score (nSPS) is 17.5. The Kier molecular flexibility index (Phi) is 6.09. The van der Waals surface area contributed by atoms with Crippen LogP contribution in [0.3, 0.4) is 0 Å². The maximum atomic E-state index is 11.9. The van der Waals surface area contributed by atoms with Crippen molar-refractivity contribution < 1.29 is 23.6 Å². The molecule has 1 saturated heterocycles. The molecule has 0 unspecified atom stereocenters. The van der Waals surface area contributed by atoms with E-state index in [-0.39, 0.29) is 12.4 Å². The summed E-state index contributed by atoms with van der Waals surface area (Å²) in [6.45, 7) is 13.8. The molecule has 0 amide bonds. The maximum Gasteiger partial charge on any atom is 0.497 e. The molecular formula is C22H30BN3O5. The molecule has 0 aliphatic carbocycles. The number of nitriles is 1. The summed E-state index contributed by atoms with van der Waals surface area (Å²) in [6, 6.07) is 3.98. The van der Waals surface area contributed by atoms with E-state index in [1.165, 1.54) is 6.20 Å². The van der Waals surface area contributed by atoms with Crippen molar-refractivity contribution in [3.63, 3.8) is 0 Å². The lowest BCUT2D eigenvalue weighted by Crippen LogP contribution is -2.41. The predicted molar refractivity (Wildman–Crippen MR) is 116 cm³/mol. The Morgan fingerprint density at radius 3 is 2.48 bits per heavy atom. The fraction of sp³-hybridized carbons (Fsp3) is 0.591. The molecule has 166 valence electrons. The molecule has 0 spiro atoms. The first kappa shape index (κ1) is 23.1. The molecule has 1 aliphatic heterocycles. The zero-order chi connectivity index (χ0) is 23.0. The first-order valence-corrected chi connectivity index (χ1v) is 10.4. The summed E-state index contributed by atoms with van der Waals surface area (Å²) in [5.41, 5.74) is 0.192. The molecule has 1 aliphatic rings. The van der Waals surface area contributed by atoms with E-state index in [0.29, 0.717) is 35.3 Å². The number of hydrogen-bond donors (Lipinski definition) is 0. The number of pyridine rings is 1. The van der Waals surface area contributed by atoms with Crippen molar-refractivity contribution in [2.75, 3.05) is 6.61 Å². The average Bonchev–Trinajstić information content (AvgIpc) is 3.14. The van der Waals surface area contributed by atoms with Gasteiger partial charge in [0.25, 0.3) is 0 Å². The summed E-state index contributed by atoms with van der Waals surface area (Å²) >= 11 is 0. The zero-order valence-corrected chi connectivity index (χ0v) is 19.3. The molecule has 8 nitrogen and oxygen atoms in total. The van der Waals surface area contributed by atoms with E-state index in [4.69, 9.17) is 18.8 Å². The Bertz CT molecular complexity index is 1000. The summed E-state index contributed by atoms with van der Waals surface area (Å²) in [7, 11) is -0.665. The molecule has 3 rings (SSSR count). The van der Waals surface area contributed by atoms with Gasteiger partial charge in [-0.15, -0.1) is 0 Å². The predicted octanol–water partition coefficient (Wildman–Crippen LogP) is 3.01. The SMILES string of the molecule is CC(C)(C)OC(=O)CCCOc1cc(B2OC(C)(C)C(C)(C)O2)c2c(C#N)cnn2c1. The van der Waals surface area contributed by atoms with Crippen LogP contribution in [0, 0.1) is 11.3 Å². The summed E-state index contributed by atoms with van der Waals surface area (Å²) in [5, 5.41) is 13.8. The second kappa shape index (κ2) is 8.17. The summed E-state index contributed by atoms with van der Waals surface area (Å²) < 4.78 is 25.2. The van der Waals surface area contributed by atoms with Gasteiger partial charge < -0.3 is 18.8 Å². The molecule has 0 atom stereocenters.